The standard InChI is InChI=1S/C15H21IN3O6P/c1-4-10-11(25-26(3)23-7-5-6-17)12(22-2)14(24-10)19-8-9(16)13(20)18-15(19)21/h8,10-12,14H,4-5,7H2,1-3H3,(H,18,20,21)/t10-,11+,12?,14-,26?/m1/s1. The van der Waals surface area contributed by atoms with Gasteiger partial charge in [-0.1, -0.05) is 6.92 Å². The highest BCUT2D eigenvalue weighted by molar-refractivity contribution is 14.1. The summed E-state index contributed by atoms with van der Waals surface area (Å²) in [5.41, 5.74) is -1.01. The third-order valence-electron chi connectivity index (χ3n) is 3.92. The third kappa shape index (κ3) is 4.91. The molecule has 0 aliphatic carbocycles. The second kappa shape index (κ2) is 9.92. The minimum absolute atomic E-state index is 0.288. The first kappa shape index (κ1) is 21.5. The quantitative estimate of drug-likeness (QED) is 0.331. The molecule has 0 radical (unpaired) electrons. The van der Waals surface area contributed by atoms with Crippen molar-refractivity contribution in [1.29, 1.82) is 5.26 Å². The smallest absolute Gasteiger partial charge is 0.330 e. The molecule has 2 heterocycles. The molecule has 0 saturated carbocycles. The maximum atomic E-state index is 12.2. The molecule has 9 nitrogen and oxygen atoms in total. The molecule has 11 heteroatoms. The van der Waals surface area contributed by atoms with Gasteiger partial charge in [0.1, 0.15) is 12.2 Å². The van der Waals surface area contributed by atoms with Crippen LogP contribution in [0.5, 0.6) is 0 Å². The van der Waals surface area contributed by atoms with E-state index in [2.05, 4.69) is 4.98 Å². The van der Waals surface area contributed by atoms with Gasteiger partial charge >= 0.3 is 5.69 Å². The maximum absolute atomic E-state index is 12.2. The van der Waals surface area contributed by atoms with E-state index >= 15 is 0 Å². The van der Waals surface area contributed by atoms with E-state index < -0.39 is 38.1 Å². The van der Waals surface area contributed by atoms with E-state index in [-0.39, 0.29) is 12.5 Å². The van der Waals surface area contributed by atoms with Crippen LogP contribution in [0.1, 0.15) is 26.0 Å². The molecule has 26 heavy (non-hydrogen) atoms. The molecule has 0 amide bonds. The van der Waals surface area contributed by atoms with E-state index in [9.17, 15) is 9.59 Å². The molecule has 1 saturated heterocycles. The normalized spacial score (nSPS) is 26.6. The van der Waals surface area contributed by atoms with Crippen LogP contribution in [-0.2, 0) is 18.5 Å². The fraction of sp³-hybridized carbons (Fsp3) is 0.667. The lowest BCUT2D eigenvalue weighted by atomic mass is 10.1. The largest absolute Gasteiger partial charge is 0.374 e. The summed E-state index contributed by atoms with van der Waals surface area (Å²) in [6.45, 7) is 4.04. The van der Waals surface area contributed by atoms with Gasteiger partial charge in [-0.3, -0.25) is 14.3 Å². The lowest BCUT2D eigenvalue weighted by Crippen LogP contribution is -2.40. The Morgan fingerprint density at radius 3 is 2.81 bits per heavy atom. The van der Waals surface area contributed by atoms with Gasteiger partial charge < -0.3 is 18.5 Å². The number of H-pyrrole nitrogens is 1. The molecule has 2 rings (SSSR count). The first-order valence-electron chi connectivity index (χ1n) is 8.02. The van der Waals surface area contributed by atoms with Gasteiger partial charge in [-0.2, -0.15) is 5.26 Å². The minimum Gasteiger partial charge on any atom is -0.374 e. The van der Waals surface area contributed by atoms with E-state index in [0.717, 1.165) is 0 Å². The van der Waals surface area contributed by atoms with Crippen LogP contribution in [0.2, 0.25) is 0 Å². The molecule has 0 aromatic carbocycles. The van der Waals surface area contributed by atoms with Crippen LogP contribution in [-0.4, -0.2) is 48.2 Å². The molecule has 0 spiro atoms. The summed E-state index contributed by atoms with van der Waals surface area (Å²) in [5, 5.41) is 8.59. The number of nitriles is 1. The van der Waals surface area contributed by atoms with Gasteiger partial charge in [-0.05, 0) is 29.0 Å². The first-order valence-corrected chi connectivity index (χ1v) is 10.7. The molecular weight excluding hydrogens is 476 g/mol. The van der Waals surface area contributed by atoms with Crippen LogP contribution >= 0.6 is 31.0 Å². The fourth-order valence-corrected chi connectivity index (χ4v) is 4.15. The van der Waals surface area contributed by atoms with Crippen molar-refractivity contribution < 1.29 is 18.5 Å². The lowest BCUT2D eigenvalue weighted by Gasteiger charge is -2.25. The number of hydrogen-bond acceptors (Lipinski definition) is 7. The van der Waals surface area contributed by atoms with Crippen molar-refractivity contribution in [3.8, 4) is 6.07 Å². The van der Waals surface area contributed by atoms with Gasteiger partial charge in [-0.15, -0.1) is 0 Å². The number of methoxy groups -OCH3 is 1. The van der Waals surface area contributed by atoms with Gasteiger partial charge in [0, 0.05) is 20.0 Å². The highest BCUT2D eigenvalue weighted by atomic mass is 127. The maximum Gasteiger partial charge on any atom is 0.330 e. The van der Waals surface area contributed by atoms with Gasteiger partial charge in [0.15, 0.2) is 14.6 Å². The average Bonchev–Trinajstić information content (AvgIpc) is 2.95. The zero-order valence-corrected chi connectivity index (χ0v) is 17.7. The van der Waals surface area contributed by atoms with Gasteiger partial charge in [-0.25, -0.2) is 4.79 Å². The van der Waals surface area contributed by atoms with Crippen molar-refractivity contribution >= 4 is 31.0 Å². The van der Waals surface area contributed by atoms with Crippen molar-refractivity contribution in [1.82, 2.24) is 9.55 Å². The van der Waals surface area contributed by atoms with E-state index in [1.165, 1.54) is 17.9 Å². The number of nitrogens with zero attached hydrogens (tertiary/aromatic N) is 2. The Morgan fingerprint density at radius 1 is 1.46 bits per heavy atom. The van der Waals surface area contributed by atoms with Crippen molar-refractivity contribution in [3.05, 3.63) is 30.6 Å². The Morgan fingerprint density at radius 2 is 2.19 bits per heavy atom. The molecule has 0 bridgehead atoms. The number of hydrogen-bond donors (Lipinski definition) is 1. The van der Waals surface area contributed by atoms with Crippen LogP contribution in [0.4, 0.5) is 0 Å². The SMILES string of the molecule is CC[C@H]1O[C@@H](n2cc(I)c(=O)[nH]c2=O)C(OC)[C@H]1OP(C)OCCC#N. The Hall–Kier alpha value is -0.830. The summed E-state index contributed by atoms with van der Waals surface area (Å²) in [6, 6.07) is 2.01. The summed E-state index contributed by atoms with van der Waals surface area (Å²) >= 11 is 1.86. The van der Waals surface area contributed by atoms with Crippen molar-refractivity contribution in [2.24, 2.45) is 0 Å². The summed E-state index contributed by atoms with van der Waals surface area (Å²) in [5.74, 6) is 0. The van der Waals surface area contributed by atoms with Crippen molar-refractivity contribution in [3.63, 3.8) is 0 Å². The second-order valence-electron chi connectivity index (χ2n) is 5.57. The predicted molar refractivity (Wildman–Crippen MR) is 103 cm³/mol. The first-order chi connectivity index (χ1) is 12.4. The molecule has 5 atom stereocenters. The molecular formula is C15H21IN3O6P. The second-order valence-corrected chi connectivity index (χ2v) is 8.08. The number of ether oxygens (including phenoxy) is 2. The predicted octanol–water partition coefficient (Wildman–Crippen LogP) is 1.72. The molecule has 1 aliphatic heterocycles. The van der Waals surface area contributed by atoms with E-state index in [1.807, 2.05) is 35.6 Å². The van der Waals surface area contributed by atoms with E-state index in [4.69, 9.17) is 23.8 Å². The van der Waals surface area contributed by atoms with Crippen LogP contribution in [0.25, 0.3) is 0 Å². The Labute approximate surface area is 165 Å². The molecule has 1 N–H and O–H groups in total. The third-order valence-corrected chi connectivity index (χ3v) is 5.77. The molecule has 1 aromatic rings. The van der Waals surface area contributed by atoms with Gasteiger partial charge in [0.2, 0.25) is 0 Å². The molecule has 144 valence electrons. The highest BCUT2D eigenvalue weighted by Crippen LogP contribution is 2.43. The van der Waals surface area contributed by atoms with Crippen LogP contribution in [0.15, 0.2) is 15.8 Å². The van der Waals surface area contributed by atoms with E-state index in [1.54, 1.807) is 6.66 Å². The lowest BCUT2D eigenvalue weighted by molar-refractivity contribution is -0.0539. The fourth-order valence-electron chi connectivity index (χ4n) is 2.71. The summed E-state index contributed by atoms with van der Waals surface area (Å²) in [7, 11) is 0.287. The number of halogens is 1. The molecule has 1 fully saturated rings. The van der Waals surface area contributed by atoms with Gasteiger partial charge in [0.25, 0.3) is 5.56 Å². The van der Waals surface area contributed by atoms with Crippen molar-refractivity contribution in [2.75, 3.05) is 20.4 Å². The minimum atomic E-state index is -1.23. The molecule has 1 aliphatic rings. The Kier molecular flexibility index (Phi) is 8.19. The van der Waals surface area contributed by atoms with Gasteiger partial charge in [0.05, 0.1) is 28.8 Å². The highest BCUT2D eigenvalue weighted by Gasteiger charge is 2.47. The number of nitrogens with one attached hydrogen (secondary N) is 1. The molecule has 2 unspecified atom stereocenters. The number of aromatic amines is 1. The topological polar surface area (TPSA) is 116 Å². The zero-order valence-electron chi connectivity index (χ0n) is 14.7. The summed E-state index contributed by atoms with van der Waals surface area (Å²) < 4.78 is 24.8. The summed E-state index contributed by atoms with van der Waals surface area (Å²) in [6.07, 6.45) is 0.369. The summed E-state index contributed by atoms with van der Waals surface area (Å²) in [4.78, 5) is 26.1. The monoisotopic (exact) mass is 497 g/mol. The van der Waals surface area contributed by atoms with Crippen molar-refractivity contribution in [2.45, 2.75) is 44.3 Å². The Balaban J connectivity index is 2.23. The number of aromatic nitrogens is 2. The Bertz CT molecular complexity index is 763. The average molecular weight is 497 g/mol. The van der Waals surface area contributed by atoms with Crippen LogP contribution in [0, 0.1) is 14.9 Å². The van der Waals surface area contributed by atoms with E-state index in [0.29, 0.717) is 16.6 Å². The van der Waals surface area contributed by atoms with Crippen LogP contribution < -0.4 is 11.2 Å². The molecule has 1 aromatic heterocycles. The number of rotatable bonds is 8. The zero-order chi connectivity index (χ0) is 19.3. The van der Waals surface area contributed by atoms with Crippen LogP contribution in [0.3, 0.4) is 0 Å².